The Kier molecular flexibility index (Phi) is 3.55. The number of carbonyl (C=O) groups excluding carboxylic acids is 2. The van der Waals surface area contributed by atoms with E-state index in [0.717, 1.165) is 0 Å². The molecular formula is C13H11N3O2. The molecule has 0 unspecified atom stereocenters. The third kappa shape index (κ3) is 2.31. The second-order valence-electron chi connectivity index (χ2n) is 3.97. The van der Waals surface area contributed by atoms with Crippen LogP contribution in [0.4, 0.5) is 0 Å². The van der Waals surface area contributed by atoms with Gasteiger partial charge in [-0.25, -0.2) is 0 Å². The zero-order valence-electron chi connectivity index (χ0n) is 9.67. The number of fused-ring (bicyclic) bond motifs is 1. The summed E-state index contributed by atoms with van der Waals surface area (Å²) in [5.74, 6) is -0.241. The molecule has 0 saturated heterocycles. The van der Waals surface area contributed by atoms with Crippen molar-refractivity contribution in [3.63, 3.8) is 0 Å². The average Bonchev–Trinajstić information content (AvgIpc) is 2.40. The third-order valence-electron chi connectivity index (χ3n) is 2.80. The molecule has 0 radical (unpaired) electrons. The van der Waals surface area contributed by atoms with E-state index >= 15 is 0 Å². The molecule has 5 heteroatoms. The monoisotopic (exact) mass is 241 g/mol. The van der Waals surface area contributed by atoms with Gasteiger partial charge in [0.1, 0.15) is 0 Å². The Hall–Kier alpha value is -2.39. The van der Waals surface area contributed by atoms with Gasteiger partial charge in [-0.2, -0.15) is 0 Å². The summed E-state index contributed by atoms with van der Waals surface area (Å²) in [7, 11) is 0. The maximum atomic E-state index is 12.1. The van der Waals surface area contributed by atoms with E-state index in [4.69, 9.17) is 5.53 Å². The van der Waals surface area contributed by atoms with Crippen LogP contribution in [-0.2, 0) is 0 Å². The fraction of sp³-hybridized carbons (Fsp3) is 0.231. The number of rotatable bonds is 4. The predicted molar refractivity (Wildman–Crippen MR) is 66.4 cm³/mol. The summed E-state index contributed by atoms with van der Waals surface area (Å²) in [5.41, 5.74) is 9.56. The molecule has 1 aliphatic carbocycles. The van der Waals surface area contributed by atoms with Crippen molar-refractivity contribution >= 4 is 11.6 Å². The van der Waals surface area contributed by atoms with Gasteiger partial charge in [0, 0.05) is 28.2 Å². The highest BCUT2D eigenvalue weighted by Gasteiger charge is 2.24. The summed E-state index contributed by atoms with van der Waals surface area (Å²) in [6.45, 7) is 0.330. The maximum absolute atomic E-state index is 12.1. The van der Waals surface area contributed by atoms with Crippen molar-refractivity contribution in [2.24, 2.45) is 5.11 Å². The highest BCUT2D eigenvalue weighted by molar-refractivity contribution is 6.24. The molecule has 0 saturated carbocycles. The summed E-state index contributed by atoms with van der Waals surface area (Å²) in [4.78, 5) is 26.6. The molecule has 90 valence electrons. The van der Waals surface area contributed by atoms with Crippen molar-refractivity contribution in [3.8, 4) is 0 Å². The van der Waals surface area contributed by atoms with Crippen molar-refractivity contribution in [1.82, 2.24) is 0 Å². The van der Waals surface area contributed by atoms with Gasteiger partial charge >= 0.3 is 0 Å². The minimum Gasteiger partial charge on any atom is -0.289 e. The number of azide groups is 1. The van der Waals surface area contributed by atoms with Crippen LogP contribution in [0.5, 0.6) is 0 Å². The number of carbonyl (C=O) groups is 2. The Morgan fingerprint density at radius 1 is 1.17 bits per heavy atom. The molecule has 1 aromatic carbocycles. The zero-order valence-corrected chi connectivity index (χ0v) is 9.67. The lowest BCUT2D eigenvalue weighted by atomic mass is 9.88. The van der Waals surface area contributed by atoms with E-state index in [1.165, 1.54) is 6.08 Å². The summed E-state index contributed by atoms with van der Waals surface area (Å²) >= 11 is 0. The van der Waals surface area contributed by atoms with Gasteiger partial charge in [-0.1, -0.05) is 29.4 Å². The molecule has 0 amide bonds. The van der Waals surface area contributed by atoms with E-state index in [1.54, 1.807) is 24.3 Å². The first-order chi connectivity index (χ1) is 8.74. The zero-order chi connectivity index (χ0) is 13.0. The Bertz CT molecular complexity index is 584. The van der Waals surface area contributed by atoms with Gasteiger partial charge in [-0.3, -0.25) is 9.59 Å². The summed E-state index contributed by atoms with van der Waals surface area (Å²) in [5, 5.41) is 3.40. The number of allylic oxidation sites excluding steroid dienone is 2. The first kappa shape index (κ1) is 12.1. The van der Waals surface area contributed by atoms with E-state index in [1.807, 2.05) is 0 Å². The number of Topliss-reactive ketones (excluding diaryl/α,β-unsaturated/α-hetero) is 1. The fourth-order valence-electron chi connectivity index (χ4n) is 1.94. The highest BCUT2D eigenvalue weighted by Crippen LogP contribution is 2.23. The minimum atomic E-state index is -0.135. The molecule has 0 heterocycles. The summed E-state index contributed by atoms with van der Waals surface area (Å²) in [6, 6.07) is 6.80. The number of nitrogens with zero attached hydrogens (tertiary/aromatic N) is 3. The molecule has 0 aliphatic heterocycles. The second kappa shape index (κ2) is 5.29. The summed E-state index contributed by atoms with van der Waals surface area (Å²) in [6.07, 6.45) is 2.41. The number of hydrogen-bond acceptors (Lipinski definition) is 3. The van der Waals surface area contributed by atoms with Crippen LogP contribution in [0, 0.1) is 0 Å². The van der Waals surface area contributed by atoms with Crippen molar-refractivity contribution in [2.75, 3.05) is 6.54 Å². The average molecular weight is 241 g/mol. The molecule has 0 spiro atoms. The van der Waals surface area contributed by atoms with Gasteiger partial charge < -0.3 is 0 Å². The lowest BCUT2D eigenvalue weighted by Gasteiger charge is -2.14. The molecule has 1 aromatic rings. The van der Waals surface area contributed by atoms with E-state index < -0.39 is 0 Å². The number of ketones is 2. The van der Waals surface area contributed by atoms with Crippen LogP contribution in [0.2, 0.25) is 0 Å². The van der Waals surface area contributed by atoms with E-state index in [-0.39, 0.29) is 11.6 Å². The molecule has 5 nitrogen and oxygen atoms in total. The molecule has 0 atom stereocenters. The predicted octanol–water partition coefficient (Wildman–Crippen LogP) is 3.08. The quantitative estimate of drug-likeness (QED) is 0.351. The van der Waals surface area contributed by atoms with Crippen molar-refractivity contribution in [1.29, 1.82) is 0 Å². The van der Waals surface area contributed by atoms with Crippen LogP contribution in [0.1, 0.15) is 33.6 Å². The van der Waals surface area contributed by atoms with E-state index in [9.17, 15) is 9.59 Å². The molecule has 0 bridgehead atoms. The normalized spacial score (nSPS) is 13.7. The largest absolute Gasteiger partial charge is 0.289 e. The van der Waals surface area contributed by atoms with Crippen LogP contribution in [0.25, 0.3) is 10.4 Å². The van der Waals surface area contributed by atoms with E-state index in [2.05, 4.69) is 10.0 Å². The Morgan fingerprint density at radius 2 is 1.89 bits per heavy atom. The fourth-order valence-corrected chi connectivity index (χ4v) is 1.94. The lowest BCUT2D eigenvalue weighted by molar-refractivity contribution is 0.0981. The highest BCUT2D eigenvalue weighted by atomic mass is 16.1. The molecule has 18 heavy (non-hydrogen) atoms. The molecule has 2 rings (SSSR count). The van der Waals surface area contributed by atoms with Crippen LogP contribution in [0.15, 0.2) is 41.0 Å². The maximum Gasteiger partial charge on any atom is 0.189 e. The summed E-state index contributed by atoms with van der Waals surface area (Å²) < 4.78 is 0. The smallest absolute Gasteiger partial charge is 0.189 e. The SMILES string of the molecule is [N-]=[N+]=NCCCC1=CC(=O)c2ccccc2C1=O. The van der Waals surface area contributed by atoms with Crippen LogP contribution >= 0.6 is 0 Å². The second-order valence-corrected chi connectivity index (χ2v) is 3.97. The number of hydrogen-bond donors (Lipinski definition) is 0. The van der Waals surface area contributed by atoms with Crippen LogP contribution < -0.4 is 0 Å². The van der Waals surface area contributed by atoms with Gasteiger partial charge in [0.15, 0.2) is 11.6 Å². The van der Waals surface area contributed by atoms with Crippen molar-refractivity contribution in [3.05, 3.63) is 57.5 Å². The van der Waals surface area contributed by atoms with Crippen molar-refractivity contribution < 1.29 is 9.59 Å². The van der Waals surface area contributed by atoms with Gasteiger partial charge in [-0.05, 0) is 24.4 Å². The molecular weight excluding hydrogens is 230 g/mol. The Morgan fingerprint density at radius 3 is 2.61 bits per heavy atom. The van der Waals surface area contributed by atoms with Crippen LogP contribution in [0.3, 0.4) is 0 Å². The number of benzene rings is 1. The lowest BCUT2D eigenvalue weighted by Crippen LogP contribution is -2.16. The van der Waals surface area contributed by atoms with Gasteiger partial charge in [0.05, 0.1) is 0 Å². The minimum absolute atomic E-state index is 0.105. The topological polar surface area (TPSA) is 82.9 Å². The molecule has 0 aromatic heterocycles. The van der Waals surface area contributed by atoms with Gasteiger partial charge in [0.2, 0.25) is 0 Å². The van der Waals surface area contributed by atoms with E-state index in [0.29, 0.717) is 36.1 Å². The van der Waals surface area contributed by atoms with Gasteiger partial charge in [0.25, 0.3) is 0 Å². The molecule has 1 aliphatic rings. The third-order valence-corrected chi connectivity index (χ3v) is 2.80. The Labute approximate surface area is 104 Å². The van der Waals surface area contributed by atoms with Gasteiger partial charge in [-0.15, -0.1) is 0 Å². The first-order valence-corrected chi connectivity index (χ1v) is 5.63. The standard InChI is InChI=1S/C13H11N3O2/c14-16-15-7-3-4-9-8-12(17)10-5-1-2-6-11(10)13(9)18/h1-2,5-6,8H,3-4,7H2. The molecule has 0 fully saturated rings. The van der Waals surface area contributed by atoms with Crippen molar-refractivity contribution in [2.45, 2.75) is 12.8 Å². The Balaban J connectivity index is 2.18. The van der Waals surface area contributed by atoms with Crippen LogP contribution in [-0.4, -0.2) is 18.1 Å². The molecule has 0 N–H and O–H groups in total. The first-order valence-electron chi connectivity index (χ1n) is 5.63.